The van der Waals surface area contributed by atoms with Gasteiger partial charge in [-0.1, -0.05) is 23.7 Å². The second-order valence-corrected chi connectivity index (χ2v) is 6.43. The number of para-hydroxylation sites is 1. The van der Waals surface area contributed by atoms with Crippen LogP contribution in [0, 0.1) is 13.8 Å². The van der Waals surface area contributed by atoms with Gasteiger partial charge in [0.15, 0.2) is 0 Å². The van der Waals surface area contributed by atoms with Gasteiger partial charge in [-0.05, 0) is 25.5 Å². The lowest BCUT2D eigenvalue weighted by Crippen LogP contribution is -2.14. The molecule has 0 spiro atoms. The third-order valence-corrected chi connectivity index (χ3v) is 4.64. The van der Waals surface area contributed by atoms with Crippen molar-refractivity contribution in [2.24, 2.45) is 5.73 Å². The van der Waals surface area contributed by atoms with E-state index in [-0.39, 0.29) is 11.4 Å². The molecule has 0 radical (unpaired) electrons. The van der Waals surface area contributed by atoms with Gasteiger partial charge >= 0.3 is 0 Å². The molecule has 2 rings (SSSR count). The van der Waals surface area contributed by atoms with Crippen LogP contribution >= 0.6 is 11.6 Å². The van der Waals surface area contributed by atoms with E-state index >= 15 is 0 Å². The first-order valence-corrected chi connectivity index (χ1v) is 7.78. The van der Waals surface area contributed by atoms with Gasteiger partial charge in [0, 0.05) is 6.07 Å². The molecule has 0 unspecified atom stereocenters. The number of sulfonamides is 1. The van der Waals surface area contributed by atoms with E-state index in [2.05, 4.69) is 4.72 Å². The van der Waals surface area contributed by atoms with Crippen LogP contribution in [-0.2, 0) is 16.6 Å². The minimum atomic E-state index is -3.76. The molecule has 0 bridgehead atoms. The Hall–Kier alpha value is -1.50. The van der Waals surface area contributed by atoms with Crippen molar-refractivity contribution < 1.29 is 12.8 Å². The van der Waals surface area contributed by atoms with Crippen LogP contribution in [0.2, 0.25) is 5.02 Å². The zero-order chi connectivity index (χ0) is 14.9. The van der Waals surface area contributed by atoms with Gasteiger partial charge in [-0.3, -0.25) is 4.72 Å². The van der Waals surface area contributed by atoms with Gasteiger partial charge in [-0.2, -0.15) is 0 Å². The lowest BCUT2D eigenvalue weighted by atomic mass is 10.2. The standard InChI is InChI=1S/C13H15ClN2O3S/c1-8-4-3-5-11(14)13(8)16-20(17,18)12-6-10(7-15)19-9(12)2/h3-6,16H,7,15H2,1-2H3. The van der Waals surface area contributed by atoms with Gasteiger partial charge in [0.2, 0.25) is 0 Å². The largest absolute Gasteiger partial charge is 0.464 e. The van der Waals surface area contributed by atoms with Crippen molar-refractivity contribution >= 4 is 27.3 Å². The normalized spacial score (nSPS) is 11.6. The number of rotatable bonds is 4. The predicted molar refractivity (Wildman–Crippen MR) is 78.3 cm³/mol. The highest BCUT2D eigenvalue weighted by Gasteiger charge is 2.22. The number of aryl methyl sites for hydroxylation is 2. The third-order valence-electron chi connectivity index (χ3n) is 2.87. The Morgan fingerprint density at radius 1 is 1.35 bits per heavy atom. The summed E-state index contributed by atoms with van der Waals surface area (Å²) >= 11 is 6.02. The zero-order valence-electron chi connectivity index (χ0n) is 11.1. The molecule has 0 saturated heterocycles. The number of furan rings is 1. The van der Waals surface area contributed by atoms with Crippen LogP contribution in [0.1, 0.15) is 17.1 Å². The fourth-order valence-electron chi connectivity index (χ4n) is 1.84. The Morgan fingerprint density at radius 3 is 2.60 bits per heavy atom. The summed E-state index contributed by atoms with van der Waals surface area (Å²) in [4.78, 5) is 0.0669. The van der Waals surface area contributed by atoms with E-state index in [0.29, 0.717) is 22.2 Å². The Kier molecular flexibility index (Phi) is 4.08. The summed E-state index contributed by atoms with van der Waals surface area (Å²) < 4.78 is 32.5. The molecule has 0 aliphatic carbocycles. The zero-order valence-corrected chi connectivity index (χ0v) is 12.7. The van der Waals surface area contributed by atoms with Gasteiger partial charge < -0.3 is 10.2 Å². The van der Waals surface area contributed by atoms with Crippen LogP contribution in [0.5, 0.6) is 0 Å². The molecular formula is C13H15ClN2O3S. The van der Waals surface area contributed by atoms with Crippen LogP contribution in [0.25, 0.3) is 0 Å². The lowest BCUT2D eigenvalue weighted by Gasteiger charge is -2.11. The van der Waals surface area contributed by atoms with Crippen LogP contribution in [0.4, 0.5) is 5.69 Å². The molecule has 0 amide bonds. The average molecular weight is 315 g/mol. The van der Waals surface area contributed by atoms with Crippen molar-refractivity contribution in [1.29, 1.82) is 0 Å². The smallest absolute Gasteiger partial charge is 0.265 e. The Morgan fingerprint density at radius 2 is 2.05 bits per heavy atom. The van der Waals surface area contributed by atoms with Crippen molar-refractivity contribution in [3.8, 4) is 0 Å². The molecule has 0 fully saturated rings. The van der Waals surface area contributed by atoms with Gasteiger partial charge in [0.1, 0.15) is 16.4 Å². The van der Waals surface area contributed by atoms with E-state index in [1.165, 1.54) is 6.07 Å². The number of hydrogen-bond donors (Lipinski definition) is 2. The Labute approximate surface area is 122 Å². The number of hydrogen-bond acceptors (Lipinski definition) is 4. The van der Waals surface area contributed by atoms with E-state index in [9.17, 15) is 8.42 Å². The molecule has 1 heterocycles. The first-order valence-electron chi connectivity index (χ1n) is 5.92. The molecule has 1 aromatic heterocycles. The van der Waals surface area contributed by atoms with Crippen LogP contribution < -0.4 is 10.5 Å². The molecule has 7 heteroatoms. The second-order valence-electron chi connectivity index (χ2n) is 4.37. The molecule has 5 nitrogen and oxygen atoms in total. The highest BCUT2D eigenvalue weighted by Crippen LogP contribution is 2.29. The third kappa shape index (κ3) is 2.82. The Bertz CT molecular complexity index is 718. The topological polar surface area (TPSA) is 85.3 Å². The van der Waals surface area contributed by atoms with Crippen molar-refractivity contribution in [3.05, 3.63) is 46.4 Å². The van der Waals surface area contributed by atoms with Crippen LogP contribution in [-0.4, -0.2) is 8.42 Å². The molecule has 108 valence electrons. The van der Waals surface area contributed by atoms with Gasteiger partial charge in [-0.25, -0.2) is 8.42 Å². The van der Waals surface area contributed by atoms with E-state index < -0.39 is 10.0 Å². The van der Waals surface area contributed by atoms with Crippen LogP contribution in [0.15, 0.2) is 33.6 Å². The molecule has 0 aliphatic rings. The maximum absolute atomic E-state index is 12.4. The van der Waals surface area contributed by atoms with Gasteiger partial charge in [-0.15, -0.1) is 0 Å². The van der Waals surface area contributed by atoms with E-state index in [1.807, 2.05) is 0 Å². The van der Waals surface area contributed by atoms with Crippen molar-refractivity contribution in [2.45, 2.75) is 25.3 Å². The average Bonchev–Trinajstić information content (AvgIpc) is 2.76. The molecule has 2 aromatic rings. The van der Waals surface area contributed by atoms with E-state index in [0.717, 1.165) is 5.56 Å². The van der Waals surface area contributed by atoms with Crippen molar-refractivity contribution in [2.75, 3.05) is 4.72 Å². The maximum Gasteiger partial charge on any atom is 0.265 e. The summed E-state index contributed by atoms with van der Waals surface area (Å²) in [5, 5.41) is 0.341. The Balaban J connectivity index is 2.43. The van der Waals surface area contributed by atoms with Gasteiger partial charge in [0.05, 0.1) is 17.3 Å². The number of benzene rings is 1. The highest BCUT2D eigenvalue weighted by molar-refractivity contribution is 7.92. The number of nitrogens with two attached hydrogens (primary N) is 1. The number of nitrogens with one attached hydrogen (secondary N) is 1. The SMILES string of the molecule is Cc1cccc(Cl)c1NS(=O)(=O)c1cc(CN)oc1C. The molecule has 0 aliphatic heterocycles. The molecule has 3 N–H and O–H groups in total. The van der Waals surface area contributed by atoms with E-state index in [1.54, 1.807) is 32.0 Å². The predicted octanol–water partition coefficient (Wildman–Crippen LogP) is 2.81. The minimum absolute atomic E-state index is 0.0669. The summed E-state index contributed by atoms with van der Waals surface area (Å²) in [5.74, 6) is 0.710. The first-order chi connectivity index (χ1) is 9.35. The molecule has 0 saturated carbocycles. The highest BCUT2D eigenvalue weighted by atomic mass is 35.5. The summed E-state index contributed by atoms with van der Waals surface area (Å²) in [6.07, 6.45) is 0. The van der Waals surface area contributed by atoms with Crippen molar-refractivity contribution in [3.63, 3.8) is 0 Å². The molecule has 0 atom stereocenters. The first kappa shape index (κ1) is 14.9. The fourth-order valence-corrected chi connectivity index (χ4v) is 3.52. The molecule has 20 heavy (non-hydrogen) atoms. The molecule has 1 aromatic carbocycles. The van der Waals surface area contributed by atoms with E-state index in [4.69, 9.17) is 21.8 Å². The summed E-state index contributed by atoms with van der Waals surface area (Å²) in [5.41, 5.74) is 6.55. The number of anilines is 1. The van der Waals surface area contributed by atoms with Crippen LogP contribution in [0.3, 0.4) is 0 Å². The second kappa shape index (κ2) is 5.47. The monoisotopic (exact) mass is 314 g/mol. The van der Waals surface area contributed by atoms with Crippen molar-refractivity contribution in [1.82, 2.24) is 0 Å². The lowest BCUT2D eigenvalue weighted by molar-refractivity contribution is 0.479. The summed E-state index contributed by atoms with van der Waals surface area (Å²) in [6, 6.07) is 6.58. The molecular weight excluding hydrogens is 300 g/mol. The summed E-state index contributed by atoms with van der Waals surface area (Å²) in [6.45, 7) is 3.49. The summed E-state index contributed by atoms with van der Waals surface area (Å²) in [7, 11) is -3.76. The van der Waals surface area contributed by atoms with Gasteiger partial charge in [0.25, 0.3) is 10.0 Å². The fraction of sp³-hybridized carbons (Fsp3) is 0.231. The minimum Gasteiger partial charge on any atom is -0.464 e. The number of halogens is 1. The quantitative estimate of drug-likeness (QED) is 0.908. The maximum atomic E-state index is 12.4.